The molecule has 0 aliphatic carbocycles. The van der Waals surface area contributed by atoms with Crippen LogP contribution in [0.25, 0.3) is 0 Å². The molecule has 1 aromatic heterocycles. The first-order chi connectivity index (χ1) is 8.81. The van der Waals surface area contributed by atoms with Gasteiger partial charge in [0.2, 0.25) is 0 Å². The number of nitrogens with zero attached hydrogens (tertiary/aromatic N) is 2. The predicted octanol–water partition coefficient (Wildman–Crippen LogP) is 2.22. The molecular weight excluding hydrogens is 226 g/mol. The Balaban J connectivity index is 2.02. The third-order valence-electron chi connectivity index (χ3n) is 2.97. The minimum Gasteiger partial charge on any atom is -0.384 e. The van der Waals surface area contributed by atoms with Gasteiger partial charge in [-0.3, -0.25) is 0 Å². The third kappa shape index (κ3) is 3.11. The molecule has 0 fully saturated rings. The summed E-state index contributed by atoms with van der Waals surface area (Å²) in [6.07, 6.45) is 4.61. The van der Waals surface area contributed by atoms with E-state index in [1.807, 2.05) is 30.2 Å². The zero-order chi connectivity index (χ0) is 12.8. The second kappa shape index (κ2) is 6.21. The fourth-order valence-corrected chi connectivity index (χ4v) is 1.86. The van der Waals surface area contributed by atoms with Gasteiger partial charge < -0.3 is 14.6 Å². The van der Waals surface area contributed by atoms with Gasteiger partial charge >= 0.3 is 0 Å². The standard InChI is InChI=1S/C14H19N3O/c1-17-11-15-9-13(17)10-16-14-6-4-3-5-12(14)7-8-18-2/h3-6,9,11,16H,7-8,10H2,1-2H3. The van der Waals surface area contributed by atoms with Gasteiger partial charge in [-0.1, -0.05) is 18.2 Å². The van der Waals surface area contributed by atoms with Gasteiger partial charge in [0, 0.05) is 26.0 Å². The molecule has 2 rings (SSSR count). The molecule has 0 aliphatic heterocycles. The fourth-order valence-electron chi connectivity index (χ4n) is 1.86. The van der Waals surface area contributed by atoms with Gasteiger partial charge in [-0.25, -0.2) is 4.98 Å². The van der Waals surface area contributed by atoms with Gasteiger partial charge in [-0.05, 0) is 18.1 Å². The number of aryl methyl sites for hydroxylation is 1. The highest BCUT2D eigenvalue weighted by molar-refractivity contribution is 5.51. The fraction of sp³-hybridized carbons (Fsp3) is 0.357. The number of benzene rings is 1. The molecule has 96 valence electrons. The van der Waals surface area contributed by atoms with E-state index in [9.17, 15) is 0 Å². The maximum Gasteiger partial charge on any atom is 0.0946 e. The number of hydrogen-bond donors (Lipinski definition) is 1. The zero-order valence-corrected chi connectivity index (χ0v) is 10.9. The number of imidazole rings is 1. The molecule has 0 bridgehead atoms. The molecule has 0 saturated carbocycles. The van der Waals surface area contributed by atoms with E-state index in [0.717, 1.165) is 31.0 Å². The maximum absolute atomic E-state index is 5.13. The van der Waals surface area contributed by atoms with Crippen LogP contribution >= 0.6 is 0 Å². The number of nitrogens with one attached hydrogen (secondary N) is 1. The van der Waals surface area contributed by atoms with Crippen LogP contribution in [0.4, 0.5) is 5.69 Å². The van der Waals surface area contributed by atoms with Crippen molar-refractivity contribution >= 4 is 5.69 Å². The highest BCUT2D eigenvalue weighted by Crippen LogP contribution is 2.16. The van der Waals surface area contributed by atoms with Gasteiger partial charge in [-0.2, -0.15) is 0 Å². The third-order valence-corrected chi connectivity index (χ3v) is 2.97. The molecule has 0 amide bonds. The molecule has 0 unspecified atom stereocenters. The average molecular weight is 245 g/mol. The lowest BCUT2D eigenvalue weighted by Crippen LogP contribution is -2.06. The molecule has 1 N–H and O–H groups in total. The molecule has 0 spiro atoms. The molecule has 0 aliphatic rings. The van der Waals surface area contributed by atoms with Crippen LogP contribution < -0.4 is 5.32 Å². The first-order valence-electron chi connectivity index (χ1n) is 6.07. The van der Waals surface area contributed by atoms with Gasteiger partial charge in [0.05, 0.1) is 25.2 Å². The quantitative estimate of drug-likeness (QED) is 0.848. The highest BCUT2D eigenvalue weighted by Gasteiger charge is 2.03. The summed E-state index contributed by atoms with van der Waals surface area (Å²) in [7, 11) is 3.73. The van der Waals surface area contributed by atoms with E-state index in [4.69, 9.17) is 4.74 Å². The van der Waals surface area contributed by atoms with Crippen LogP contribution in [0, 0.1) is 0 Å². The van der Waals surface area contributed by atoms with E-state index < -0.39 is 0 Å². The number of hydrogen-bond acceptors (Lipinski definition) is 3. The molecule has 1 heterocycles. The van der Waals surface area contributed by atoms with Crippen molar-refractivity contribution in [3.63, 3.8) is 0 Å². The van der Waals surface area contributed by atoms with E-state index in [-0.39, 0.29) is 0 Å². The highest BCUT2D eigenvalue weighted by atomic mass is 16.5. The van der Waals surface area contributed by atoms with Gasteiger partial charge in [0.15, 0.2) is 0 Å². The van der Waals surface area contributed by atoms with Crippen LogP contribution in [-0.4, -0.2) is 23.3 Å². The molecule has 2 aromatic rings. The Labute approximate surface area is 108 Å². The Kier molecular flexibility index (Phi) is 4.36. The molecule has 18 heavy (non-hydrogen) atoms. The largest absolute Gasteiger partial charge is 0.384 e. The number of anilines is 1. The lowest BCUT2D eigenvalue weighted by Gasteiger charge is -2.12. The molecule has 0 saturated heterocycles. The SMILES string of the molecule is COCCc1ccccc1NCc1cncn1C. The number of methoxy groups -OCH3 is 1. The predicted molar refractivity (Wildman–Crippen MR) is 72.6 cm³/mol. The van der Waals surface area contributed by atoms with Gasteiger partial charge in [-0.15, -0.1) is 0 Å². The molecule has 4 nitrogen and oxygen atoms in total. The van der Waals surface area contributed by atoms with Gasteiger partial charge in [0.1, 0.15) is 0 Å². The minimum absolute atomic E-state index is 0.740. The normalized spacial score (nSPS) is 10.6. The molecule has 0 atom stereocenters. The van der Waals surface area contributed by atoms with Crippen molar-refractivity contribution in [1.82, 2.24) is 9.55 Å². The summed E-state index contributed by atoms with van der Waals surface area (Å²) < 4.78 is 7.15. The monoisotopic (exact) mass is 245 g/mol. The van der Waals surface area contributed by atoms with Gasteiger partial charge in [0.25, 0.3) is 0 Å². The first-order valence-corrected chi connectivity index (χ1v) is 6.07. The van der Waals surface area contributed by atoms with E-state index in [2.05, 4.69) is 28.5 Å². The van der Waals surface area contributed by atoms with E-state index in [1.54, 1.807) is 7.11 Å². The van der Waals surface area contributed by atoms with Crippen molar-refractivity contribution in [3.05, 3.63) is 48.0 Å². The summed E-state index contributed by atoms with van der Waals surface area (Å²) in [5.74, 6) is 0. The molecular formula is C14H19N3O. The summed E-state index contributed by atoms with van der Waals surface area (Å²) in [6.45, 7) is 1.52. The Morgan fingerprint density at radius 1 is 1.33 bits per heavy atom. The lowest BCUT2D eigenvalue weighted by molar-refractivity contribution is 0.202. The summed E-state index contributed by atoms with van der Waals surface area (Å²) in [5, 5.41) is 3.45. The van der Waals surface area contributed by atoms with E-state index >= 15 is 0 Å². The second-order valence-corrected chi connectivity index (χ2v) is 4.25. The van der Waals surface area contributed by atoms with Crippen molar-refractivity contribution in [3.8, 4) is 0 Å². The smallest absolute Gasteiger partial charge is 0.0946 e. The Hall–Kier alpha value is -1.81. The summed E-state index contributed by atoms with van der Waals surface area (Å²) in [4.78, 5) is 4.11. The topological polar surface area (TPSA) is 39.1 Å². The van der Waals surface area contributed by atoms with Crippen molar-refractivity contribution in [2.75, 3.05) is 19.0 Å². The zero-order valence-electron chi connectivity index (χ0n) is 10.9. The van der Waals surface area contributed by atoms with Crippen LogP contribution in [0.3, 0.4) is 0 Å². The number of ether oxygens (including phenoxy) is 1. The molecule has 0 radical (unpaired) electrons. The first kappa shape index (κ1) is 12.6. The summed E-state index contributed by atoms with van der Waals surface area (Å²) in [5.41, 5.74) is 3.61. The Morgan fingerprint density at radius 2 is 2.17 bits per heavy atom. The maximum atomic E-state index is 5.13. The number of rotatable bonds is 6. The van der Waals surface area contributed by atoms with Crippen molar-refractivity contribution in [2.24, 2.45) is 7.05 Å². The van der Waals surface area contributed by atoms with Crippen LogP contribution in [-0.2, 0) is 24.8 Å². The van der Waals surface area contributed by atoms with Crippen LogP contribution in [0.15, 0.2) is 36.8 Å². The Bertz CT molecular complexity index is 493. The summed E-state index contributed by atoms with van der Waals surface area (Å²) >= 11 is 0. The summed E-state index contributed by atoms with van der Waals surface area (Å²) in [6, 6.07) is 8.33. The van der Waals surface area contributed by atoms with E-state index in [1.165, 1.54) is 5.56 Å². The lowest BCUT2D eigenvalue weighted by atomic mass is 10.1. The Morgan fingerprint density at radius 3 is 2.89 bits per heavy atom. The average Bonchev–Trinajstić information content (AvgIpc) is 2.80. The second-order valence-electron chi connectivity index (χ2n) is 4.25. The van der Waals surface area contributed by atoms with Crippen LogP contribution in [0.1, 0.15) is 11.3 Å². The molecule has 1 aromatic carbocycles. The van der Waals surface area contributed by atoms with Crippen molar-refractivity contribution in [1.29, 1.82) is 0 Å². The number of para-hydroxylation sites is 1. The van der Waals surface area contributed by atoms with Crippen molar-refractivity contribution < 1.29 is 4.74 Å². The van der Waals surface area contributed by atoms with Crippen LogP contribution in [0.2, 0.25) is 0 Å². The van der Waals surface area contributed by atoms with E-state index in [0.29, 0.717) is 0 Å². The molecule has 4 heteroatoms. The van der Waals surface area contributed by atoms with Crippen molar-refractivity contribution in [2.45, 2.75) is 13.0 Å². The number of aromatic nitrogens is 2. The van der Waals surface area contributed by atoms with Crippen LogP contribution in [0.5, 0.6) is 0 Å². The minimum atomic E-state index is 0.740.